The second-order valence-electron chi connectivity index (χ2n) is 6.53. The topological polar surface area (TPSA) is 58.0 Å². The summed E-state index contributed by atoms with van der Waals surface area (Å²) in [5.41, 5.74) is 3.14. The highest BCUT2D eigenvalue weighted by Gasteiger charge is 2.13. The van der Waals surface area contributed by atoms with E-state index in [4.69, 9.17) is 10.1 Å². The molecule has 2 aromatic carbocycles. The molecule has 0 saturated heterocycles. The highest BCUT2D eigenvalue weighted by Crippen LogP contribution is 2.21. The van der Waals surface area contributed by atoms with Gasteiger partial charge >= 0.3 is 0 Å². The number of hydrogen-bond acceptors (Lipinski definition) is 4. The average molecular weight is 359 g/mol. The van der Waals surface area contributed by atoms with E-state index in [1.54, 1.807) is 6.20 Å². The molecule has 1 atom stereocenters. The molecule has 0 aliphatic carbocycles. The van der Waals surface area contributed by atoms with Gasteiger partial charge in [-0.1, -0.05) is 49.4 Å². The van der Waals surface area contributed by atoms with Crippen LogP contribution in [0.15, 0.2) is 72.9 Å². The van der Waals surface area contributed by atoms with Crippen LogP contribution < -0.4 is 10.1 Å². The molecule has 3 rings (SSSR count). The fraction of sp³-hybridized carbons (Fsp3) is 0.217. The summed E-state index contributed by atoms with van der Waals surface area (Å²) in [6.45, 7) is 4.74. The lowest BCUT2D eigenvalue weighted by molar-refractivity contribution is 0.306. The third-order valence-corrected chi connectivity index (χ3v) is 4.44. The molecule has 1 heterocycles. The van der Waals surface area contributed by atoms with Crippen molar-refractivity contribution in [1.82, 2.24) is 4.98 Å². The van der Waals surface area contributed by atoms with Crippen LogP contribution in [0.4, 0.5) is 5.82 Å². The maximum absolute atomic E-state index is 8.67. The summed E-state index contributed by atoms with van der Waals surface area (Å²) >= 11 is 0. The van der Waals surface area contributed by atoms with E-state index in [0.717, 1.165) is 34.7 Å². The normalized spacial score (nSPS) is 11.6. The van der Waals surface area contributed by atoms with E-state index in [1.165, 1.54) is 0 Å². The smallest absolute Gasteiger partial charge is 0.135 e. The van der Waals surface area contributed by atoms with E-state index >= 15 is 0 Å². The zero-order valence-electron chi connectivity index (χ0n) is 15.8. The Labute approximate surface area is 160 Å². The molecule has 0 aliphatic rings. The second-order valence-corrected chi connectivity index (χ2v) is 6.53. The van der Waals surface area contributed by atoms with Crippen molar-refractivity contribution in [3.8, 4) is 5.75 Å². The number of anilines is 1. The number of hydrogen-bond donors (Lipinski definition) is 2. The standard InChI is InChI=1S/C23H25N3O/c1-3-17(2)26-23-21(13-8-14-25-23)22(24)19-11-7-12-20(15-19)27-16-18-9-5-4-6-10-18/h4-15,17,24H,3,16H2,1-2H3,(H,25,26). The quantitative estimate of drug-likeness (QED) is 0.538. The Morgan fingerprint density at radius 1 is 1.07 bits per heavy atom. The molecule has 0 amide bonds. The Hall–Kier alpha value is -3.14. The van der Waals surface area contributed by atoms with E-state index < -0.39 is 0 Å². The van der Waals surface area contributed by atoms with Gasteiger partial charge in [0.25, 0.3) is 0 Å². The van der Waals surface area contributed by atoms with Gasteiger partial charge in [-0.2, -0.15) is 0 Å². The first kappa shape index (κ1) is 18.6. The van der Waals surface area contributed by atoms with Gasteiger partial charge in [0.15, 0.2) is 0 Å². The van der Waals surface area contributed by atoms with Gasteiger partial charge < -0.3 is 10.1 Å². The zero-order chi connectivity index (χ0) is 19.1. The first-order chi connectivity index (χ1) is 13.2. The Kier molecular flexibility index (Phi) is 6.21. The second kappa shape index (κ2) is 8.99. The molecule has 0 fully saturated rings. The van der Waals surface area contributed by atoms with E-state index in [2.05, 4.69) is 24.1 Å². The van der Waals surface area contributed by atoms with Crippen molar-refractivity contribution in [2.24, 2.45) is 0 Å². The minimum Gasteiger partial charge on any atom is -0.489 e. The zero-order valence-corrected chi connectivity index (χ0v) is 15.8. The van der Waals surface area contributed by atoms with Crippen molar-refractivity contribution >= 4 is 11.5 Å². The molecular weight excluding hydrogens is 334 g/mol. The molecule has 0 saturated carbocycles. The summed E-state index contributed by atoms with van der Waals surface area (Å²) in [5, 5.41) is 12.1. The summed E-state index contributed by atoms with van der Waals surface area (Å²) in [4.78, 5) is 4.43. The molecule has 0 aliphatic heterocycles. The van der Waals surface area contributed by atoms with Crippen LogP contribution in [0.5, 0.6) is 5.75 Å². The third-order valence-electron chi connectivity index (χ3n) is 4.44. The fourth-order valence-corrected chi connectivity index (χ4v) is 2.70. The lowest BCUT2D eigenvalue weighted by atomic mass is 10.0. The summed E-state index contributed by atoms with van der Waals surface area (Å²) < 4.78 is 5.90. The first-order valence-corrected chi connectivity index (χ1v) is 9.25. The number of nitrogens with zero attached hydrogens (tertiary/aromatic N) is 1. The largest absolute Gasteiger partial charge is 0.489 e. The molecular formula is C23H25N3O. The van der Waals surface area contributed by atoms with E-state index in [-0.39, 0.29) is 0 Å². The SMILES string of the molecule is CCC(C)Nc1ncccc1C(=N)c1cccc(OCc2ccccc2)c1. The van der Waals surface area contributed by atoms with E-state index in [1.807, 2.05) is 66.7 Å². The highest BCUT2D eigenvalue weighted by atomic mass is 16.5. The first-order valence-electron chi connectivity index (χ1n) is 9.25. The molecule has 2 N–H and O–H groups in total. The van der Waals surface area contributed by atoms with Gasteiger partial charge in [0, 0.05) is 23.4 Å². The average Bonchev–Trinajstić information content (AvgIpc) is 2.73. The Morgan fingerprint density at radius 2 is 1.89 bits per heavy atom. The summed E-state index contributed by atoms with van der Waals surface area (Å²) in [5.74, 6) is 1.49. The molecule has 3 aromatic rings. The van der Waals surface area contributed by atoms with Gasteiger partial charge in [-0.05, 0) is 43.2 Å². The third kappa shape index (κ3) is 4.94. The minimum absolute atomic E-state index is 0.298. The monoisotopic (exact) mass is 359 g/mol. The van der Waals surface area contributed by atoms with Crippen LogP contribution >= 0.6 is 0 Å². The van der Waals surface area contributed by atoms with E-state index in [0.29, 0.717) is 18.4 Å². The molecule has 0 spiro atoms. The van der Waals surface area contributed by atoms with Crippen LogP contribution in [0.2, 0.25) is 0 Å². The van der Waals surface area contributed by atoms with Crippen LogP contribution in [0.25, 0.3) is 0 Å². The number of benzene rings is 2. The minimum atomic E-state index is 0.298. The van der Waals surface area contributed by atoms with Gasteiger partial charge in [0.1, 0.15) is 18.2 Å². The maximum Gasteiger partial charge on any atom is 0.135 e. The number of ether oxygens (including phenoxy) is 1. The van der Waals surface area contributed by atoms with Gasteiger partial charge in [0.05, 0.1) is 5.71 Å². The predicted octanol–water partition coefficient (Wildman–Crippen LogP) is 5.29. The van der Waals surface area contributed by atoms with Crippen LogP contribution in [0, 0.1) is 5.41 Å². The lowest BCUT2D eigenvalue weighted by Crippen LogP contribution is -2.17. The van der Waals surface area contributed by atoms with Crippen LogP contribution in [-0.2, 0) is 6.61 Å². The molecule has 4 nitrogen and oxygen atoms in total. The van der Waals surface area contributed by atoms with Crippen LogP contribution in [0.3, 0.4) is 0 Å². The van der Waals surface area contributed by atoms with Crippen LogP contribution in [0.1, 0.15) is 37.0 Å². The van der Waals surface area contributed by atoms with Gasteiger partial charge in [-0.3, -0.25) is 5.41 Å². The summed E-state index contributed by atoms with van der Waals surface area (Å²) in [6, 6.07) is 21.8. The molecule has 0 radical (unpaired) electrons. The molecule has 138 valence electrons. The number of pyridine rings is 1. The molecule has 1 unspecified atom stereocenters. The van der Waals surface area contributed by atoms with Gasteiger partial charge in [-0.15, -0.1) is 0 Å². The van der Waals surface area contributed by atoms with Crippen molar-refractivity contribution in [3.63, 3.8) is 0 Å². The van der Waals surface area contributed by atoms with Crippen molar-refractivity contribution in [3.05, 3.63) is 89.6 Å². The van der Waals surface area contributed by atoms with Gasteiger partial charge in [-0.25, -0.2) is 4.98 Å². The van der Waals surface area contributed by atoms with Crippen molar-refractivity contribution < 1.29 is 4.74 Å². The van der Waals surface area contributed by atoms with Crippen molar-refractivity contribution in [1.29, 1.82) is 5.41 Å². The predicted molar refractivity (Wildman–Crippen MR) is 111 cm³/mol. The highest BCUT2D eigenvalue weighted by molar-refractivity contribution is 6.13. The number of nitrogens with one attached hydrogen (secondary N) is 2. The lowest BCUT2D eigenvalue weighted by Gasteiger charge is -2.16. The fourth-order valence-electron chi connectivity index (χ4n) is 2.70. The Morgan fingerprint density at radius 3 is 2.67 bits per heavy atom. The van der Waals surface area contributed by atoms with Crippen LogP contribution in [-0.4, -0.2) is 16.7 Å². The maximum atomic E-state index is 8.67. The summed E-state index contributed by atoms with van der Waals surface area (Å²) in [6.07, 6.45) is 2.74. The van der Waals surface area contributed by atoms with Crippen molar-refractivity contribution in [2.75, 3.05) is 5.32 Å². The number of aromatic nitrogens is 1. The van der Waals surface area contributed by atoms with E-state index in [9.17, 15) is 0 Å². The molecule has 4 heteroatoms. The molecule has 1 aromatic heterocycles. The Bertz CT molecular complexity index is 893. The van der Waals surface area contributed by atoms with Crippen molar-refractivity contribution in [2.45, 2.75) is 32.9 Å². The molecule has 27 heavy (non-hydrogen) atoms. The summed E-state index contributed by atoms with van der Waals surface area (Å²) in [7, 11) is 0. The number of rotatable bonds is 8. The Balaban J connectivity index is 1.78. The molecule has 0 bridgehead atoms. The van der Waals surface area contributed by atoms with Gasteiger partial charge in [0.2, 0.25) is 0 Å².